The molecule has 1 unspecified atom stereocenters. The Hall–Kier alpha value is -0.690. The molecule has 0 radical (unpaired) electrons. The van der Waals surface area contributed by atoms with Crippen LogP contribution in [-0.2, 0) is 9.53 Å². The number of carbonyl (C=O) groups is 1. The van der Waals surface area contributed by atoms with E-state index in [1.54, 1.807) is 0 Å². The average Bonchev–Trinajstić information content (AvgIpc) is 2.32. The highest BCUT2D eigenvalue weighted by Gasteiger charge is 2.45. The number of hydrogen-bond donors (Lipinski definition) is 4. The Bertz CT molecular complexity index is 181. The van der Waals surface area contributed by atoms with Gasteiger partial charge in [-0.2, -0.15) is 0 Å². The van der Waals surface area contributed by atoms with Crippen molar-refractivity contribution in [2.75, 3.05) is 6.61 Å². The van der Waals surface area contributed by atoms with Gasteiger partial charge in [0.1, 0.15) is 12.2 Å². The first-order valence-electron chi connectivity index (χ1n) is 3.43. The topological polar surface area (TPSA) is 107 Å². The maximum Gasteiger partial charge on any atom is 0.338 e. The van der Waals surface area contributed by atoms with Crippen LogP contribution in [0.2, 0.25) is 0 Å². The van der Waals surface area contributed by atoms with Crippen molar-refractivity contribution >= 4 is 5.97 Å². The van der Waals surface area contributed by atoms with Crippen molar-refractivity contribution < 1.29 is 30.0 Å². The van der Waals surface area contributed by atoms with Gasteiger partial charge in [-0.25, -0.2) is 4.79 Å². The molecule has 1 fully saturated rings. The Morgan fingerprint density at radius 3 is 2.42 bits per heavy atom. The lowest BCUT2D eigenvalue weighted by Gasteiger charge is -2.17. The molecule has 0 aliphatic carbocycles. The van der Waals surface area contributed by atoms with E-state index >= 15 is 0 Å². The Morgan fingerprint density at radius 2 is 2.08 bits per heavy atom. The smallest absolute Gasteiger partial charge is 0.338 e. The Morgan fingerprint density at radius 1 is 1.50 bits per heavy atom. The minimum absolute atomic E-state index is 0.637. The van der Waals surface area contributed by atoms with Crippen molar-refractivity contribution in [2.45, 2.75) is 24.4 Å². The lowest BCUT2D eigenvalue weighted by molar-refractivity contribution is -0.151. The molecule has 1 saturated heterocycles. The van der Waals surface area contributed by atoms with E-state index in [4.69, 9.17) is 20.4 Å². The van der Waals surface area contributed by atoms with Crippen molar-refractivity contribution in [1.29, 1.82) is 0 Å². The van der Waals surface area contributed by atoms with Crippen molar-refractivity contribution in [3.05, 3.63) is 0 Å². The standard InChI is InChI=1S/C6H10O6/c7-1-2(8)5-3(9)4(10)6(11)12-5/h2-5,7-10H,1H2/t2-,3?,4-,5-/m1/s1. The first kappa shape index (κ1) is 9.40. The van der Waals surface area contributed by atoms with Crippen molar-refractivity contribution in [3.8, 4) is 0 Å². The summed E-state index contributed by atoms with van der Waals surface area (Å²) in [5, 5.41) is 35.3. The normalized spacial score (nSPS) is 38.0. The monoisotopic (exact) mass is 178 g/mol. The zero-order valence-electron chi connectivity index (χ0n) is 6.12. The molecule has 70 valence electrons. The second-order valence-electron chi connectivity index (χ2n) is 2.59. The van der Waals surface area contributed by atoms with Gasteiger partial charge in [-0.1, -0.05) is 0 Å². The van der Waals surface area contributed by atoms with Gasteiger partial charge in [0, 0.05) is 0 Å². The molecule has 1 rings (SSSR count). The van der Waals surface area contributed by atoms with Gasteiger partial charge in [-0.05, 0) is 0 Å². The zero-order valence-corrected chi connectivity index (χ0v) is 6.12. The molecule has 0 aromatic heterocycles. The molecule has 0 aromatic carbocycles. The quantitative estimate of drug-likeness (QED) is 0.335. The predicted molar refractivity (Wildman–Crippen MR) is 35.0 cm³/mol. The summed E-state index contributed by atoms with van der Waals surface area (Å²) in [6.07, 6.45) is -5.70. The third-order valence-electron chi connectivity index (χ3n) is 1.72. The molecular formula is C6H10O6. The van der Waals surface area contributed by atoms with Gasteiger partial charge in [0.05, 0.1) is 6.61 Å². The van der Waals surface area contributed by atoms with Gasteiger partial charge < -0.3 is 25.2 Å². The van der Waals surface area contributed by atoms with Crippen molar-refractivity contribution in [2.24, 2.45) is 0 Å². The third kappa shape index (κ3) is 1.42. The summed E-state index contributed by atoms with van der Waals surface area (Å²) in [6, 6.07) is 0. The highest BCUT2D eigenvalue weighted by Crippen LogP contribution is 2.18. The van der Waals surface area contributed by atoms with E-state index in [1.165, 1.54) is 0 Å². The molecule has 1 heterocycles. The van der Waals surface area contributed by atoms with Gasteiger partial charge in [0.15, 0.2) is 12.2 Å². The van der Waals surface area contributed by atoms with Crippen LogP contribution in [0.4, 0.5) is 0 Å². The molecule has 0 bridgehead atoms. The van der Waals surface area contributed by atoms with Crippen LogP contribution in [-0.4, -0.2) is 57.4 Å². The number of carbonyl (C=O) groups excluding carboxylic acids is 1. The summed E-state index contributed by atoms with van der Waals surface area (Å²) in [7, 11) is 0. The first-order valence-corrected chi connectivity index (χ1v) is 3.43. The number of cyclic esters (lactones) is 1. The molecule has 6 heteroatoms. The van der Waals surface area contributed by atoms with Crippen LogP contribution in [0, 0.1) is 0 Å². The second-order valence-corrected chi connectivity index (χ2v) is 2.59. The molecule has 1 aliphatic heterocycles. The van der Waals surface area contributed by atoms with Crippen LogP contribution in [0.1, 0.15) is 0 Å². The highest BCUT2D eigenvalue weighted by molar-refractivity contribution is 5.77. The lowest BCUT2D eigenvalue weighted by atomic mass is 10.1. The summed E-state index contributed by atoms with van der Waals surface area (Å²) in [5.41, 5.74) is 0. The SMILES string of the molecule is O=C1O[C@H]([C@H](O)CO)C(O)[C@H]1O. The number of rotatable bonds is 2. The zero-order chi connectivity index (χ0) is 9.30. The van der Waals surface area contributed by atoms with Crippen molar-refractivity contribution in [1.82, 2.24) is 0 Å². The maximum atomic E-state index is 10.6. The number of hydrogen-bond acceptors (Lipinski definition) is 6. The molecule has 4 N–H and O–H groups in total. The fourth-order valence-corrected chi connectivity index (χ4v) is 1.00. The van der Waals surface area contributed by atoms with E-state index in [1.807, 2.05) is 0 Å². The van der Waals surface area contributed by atoms with Crippen LogP contribution < -0.4 is 0 Å². The fraction of sp³-hybridized carbons (Fsp3) is 0.833. The van der Waals surface area contributed by atoms with Gasteiger partial charge in [0.25, 0.3) is 0 Å². The van der Waals surface area contributed by atoms with Crippen LogP contribution in [0.25, 0.3) is 0 Å². The van der Waals surface area contributed by atoms with Crippen LogP contribution in [0.5, 0.6) is 0 Å². The van der Waals surface area contributed by atoms with E-state index in [0.717, 1.165) is 0 Å². The Balaban J connectivity index is 2.64. The highest BCUT2D eigenvalue weighted by atomic mass is 16.6. The minimum atomic E-state index is -1.63. The van der Waals surface area contributed by atoms with Gasteiger partial charge >= 0.3 is 5.97 Å². The predicted octanol–water partition coefficient (Wildman–Crippen LogP) is -3.01. The number of aliphatic hydroxyl groups is 4. The summed E-state index contributed by atoms with van der Waals surface area (Å²) in [6.45, 7) is -0.637. The number of aliphatic hydroxyl groups excluding tert-OH is 4. The Labute approximate surface area is 68.0 Å². The van der Waals surface area contributed by atoms with Gasteiger partial charge in [-0.3, -0.25) is 0 Å². The second kappa shape index (κ2) is 3.36. The largest absolute Gasteiger partial charge is 0.455 e. The van der Waals surface area contributed by atoms with Gasteiger partial charge in [-0.15, -0.1) is 0 Å². The molecule has 0 saturated carbocycles. The summed E-state index contributed by atoms with van der Waals surface area (Å²) >= 11 is 0. The van der Waals surface area contributed by atoms with Crippen LogP contribution in [0.3, 0.4) is 0 Å². The average molecular weight is 178 g/mol. The molecule has 0 amide bonds. The Kier molecular flexibility index (Phi) is 2.63. The third-order valence-corrected chi connectivity index (χ3v) is 1.72. The van der Waals surface area contributed by atoms with E-state index in [0.29, 0.717) is 0 Å². The number of ether oxygens (including phenoxy) is 1. The first-order chi connectivity index (χ1) is 5.57. The summed E-state index contributed by atoms with van der Waals surface area (Å²) in [5.74, 6) is -0.986. The molecule has 0 aromatic rings. The minimum Gasteiger partial charge on any atom is -0.455 e. The van der Waals surface area contributed by atoms with E-state index < -0.39 is 37.0 Å². The molecule has 0 spiro atoms. The van der Waals surface area contributed by atoms with Crippen LogP contribution in [0.15, 0.2) is 0 Å². The van der Waals surface area contributed by atoms with Crippen molar-refractivity contribution in [3.63, 3.8) is 0 Å². The molecule has 6 nitrogen and oxygen atoms in total. The fourth-order valence-electron chi connectivity index (χ4n) is 1.00. The van der Waals surface area contributed by atoms with Gasteiger partial charge in [0.2, 0.25) is 0 Å². The van der Waals surface area contributed by atoms with E-state index in [2.05, 4.69) is 4.74 Å². The molecule has 12 heavy (non-hydrogen) atoms. The van der Waals surface area contributed by atoms with E-state index in [9.17, 15) is 4.79 Å². The van der Waals surface area contributed by atoms with E-state index in [-0.39, 0.29) is 0 Å². The molecule has 1 aliphatic rings. The summed E-state index contributed by atoms with van der Waals surface area (Å²) in [4.78, 5) is 10.6. The maximum absolute atomic E-state index is 10.6. The number of esters is 1. The molecule has 4 atom stereocenters. The molecular weight excluding hydrogens is 168 g/mol. The van der Waals surface area contributed by atoms with Crippen LogP contribution >= 0.6 is 0 Å². The summed E-state index contributed by atoms with van der Waals surface area (Å²) < 4.78 is 4.39. The lowest BCUT2D eigenvalue weighted by Crippen LogP contribution is -2.40.